The Balaban J connectivity index is 0.000000175. The van der Waals surface area contributed by atoms with Crippen LogP contribution in [-0.4, -0.2) is 21.0 Å². The van der Waals surface area contributed by atoms with E-state index < -0.39 is 23.4 Å². The number of carbonyl (C=O) groups is 1. The Morgan fingerprint density at radius 1 is 1.00 bits per heavy atom. The first-order valence-corrected chi connectivity index (χ1v) is 15.1. The number of carboxylic acids is 1. The van der Waals surface area contributed by atoms with Gasteiger partial charge in [-0.25, -0.2) is 14.8 Å². The zero-order valence-electron chi connectivity index (χ0n) is 23.7. The number of nitrogens with two attached hydrogens (primary N) is 1. The third-order valence-corrected chi connectivity index (χ3v) is 8.82. The van der Waals surface area contributed by atoms with Crippen molar-refractivity contribution in [1.29, 1.82) is 0 Å². The normalized spacial score (nSPS) is 14.3. The third-order valence-electron chi connectivity index (χ3n) is 8.08. The highest BCUT2D eigenvalue weighted by molar-refractivity contribution is 6.42. The number of fused-ring (bicyclic) bond motifs is 3. The maximum Gasteiger partial charge on any atom is 0.434 e. The second-order valence-corrected chi connectivity index (χ2v) is 11.9. The van der Waals surface area contributed by atoms with E-state index in [-0.39, 0.29) is 12.5 Å². The predicted octanol–water partition coefficient (Wildman–Crippen LogP) is 9.08. The fraction of sp³-hybridized carbons (Fsp3) is 0.303. The first kappa shape index (κ1) is 31.6. The van der Waals surface area contributed by atoms with E-state index >= 15 is 0 Å². The summed E-state index contributed by atoms with van der Waals surface area (Å²) in [5.74, 6) is -1.26. The standard InChI is InChI=1S/C20H23N.C13H8Cl2F3N3O2/c21-20-16(12-14-6-2-1-3-7-14)10-11-18-17-9-5-4-8-15(17)13-19(18)20;14-8-2-1-6(3-9(8)15)4-19-12-20-5-7(11(22)23)10(21-12)13(16,17)18/h4-5,8-11,14H,1-3,6-7,12-13,21H2;1-3,5H,4H2,(H,22,23)(H,19,20,21). The van der Waals surface area contributed by atoms with Crippen LogP contribution in [0.5, 0.6) is 0 Å². The van der Waals surface area contributed by atoms with Crippen LogP contribution in [0.4, 0.5) is 24.8 Å². The van der Waals surface area contributed by atoms with Crippen LogP contribution >= 0.6 is 23.2 Å². The van der Waals surface area contributed by atoms with Crippen LogP contribution in [0.25, 0.3) is 11.1 Å². The predicted molar refractivity (Wildman–Crippen MR) is 167 cm³/mol. The minimum absolute atomic E-state index is 0.0839. The van der Waals surface area contributed by atoms with Crippen molar-refractivity contribution >= 4 is 40.8 Å². The van der Waals surface area contributed by atoms with E-state index in [0.29, 0.717) is 21.8 Å². The molecule has 44 heavy (non-hydrogen) atoms. The van der Waals surface area contributed by atoms with Gasteiger partial charge in [-0.3, -0.25) is 0 Å². The lowest BCUT2D eigenvalue weighted by atomic mass is 9.84. The van der Waals surface area contributed by atoms with Gasteiger partial charge in [0.05, 0.1) is 10.0 Å². The quantitative estimate of drug-likeness (QED) is 0.160. The first-order valence-electron chi connectivity index (χ1n) is 14.3. The van der Waals surface area contributed by atoms with Crippen molar-refractivity contribution in [2.24, 2.45) is 5.92 Å². The van der Waals surface area contributed by atoms with Crippen molar-refractivity contribution in [2.45, 2.75) is 57.7 Å². The van der Waals surface area contributed by atoms with Crippen molar-refractivity contribution in [3.63, 3.8) is 0 Å². The number of hydrogen-bond donors (Lipinski definition) is 3. The third kappa shape index (κ3) is 7.27. The molecular formula is C33H31Cl2F3N4O2. The molecule has 1 heterocycles. The SMILES string of the molecule is Nc1c(CC2CCCCC2)ccc2c1Cc1ccccc1-2.O=C(O)c1cnc(NCc2ccc(Cl)c(Cl)c2)nc1C(F)(F)F. The number of rotatable bonds is 6. The summed E-state index contributed by atoms with van der Waals surface area (Å²) in [5.41, 5.74) is 12.6. The molecule has 1 aromatic heterocycles. The van der Waals surface area contributed by atoms with Crippen molar-refractivity contribution in [1.82, 2.24) is 9.97 Å². The highest BCUT2D eigenvalue weighted by Crippen LogP contribution is 2.41. The number of nitrogens with zero attached hydrogens (tertiary/aromatic N) is 2. The Morgan fingerprint density at radius 2 is 1.75 bits per heavy atom. The van der Waals surface area contributed by atoms with Gasteiger partial charge in [-0.2, -0.15) is 13.2 Å². The molecule has 230 valence electrons. The molecule has 0 amide bonds. The summed E-state index contributed by atoms with van der Waals surface area (Å²) in [6.45, 7) is 0.0839. The van der Waals surface area contributed by atoms with Gasteiger partial charge < -0.3 is 16.2 Å². The van der Waals surface area contributed by atoms with Crippen LogP contribution in [-0.2, 0) is 25.6 Å². The molecule has 4 aromatic rings. The van der Waals surface area contributed by atoms with Gasteiger partial charge in [0.1, 0.15) is 5.56 Å². The minimum atomic E-state index is -4.91. The van der Waals surface area contributed by atoms with E-state index in [0.717, 1.165) is 18.0 Å². The van der Waals surface area contributed by atoms with Gasteiger partial charge in [0.15, 0.2) is 5.69 Å². The minimum Gasteiger partial charge on any atom is -0.478 e. The van der Waals surface area contributed by atoms with Crippen molar-refractivity contribution < 1.29 is 23.1 Å². The topological polar surface area (TPSA) is 101 Å². The summed E-state index contributed by atoms with van der Waals surface area (Å²) in [5, 5.41) is 12.0. The highest BCUT2D eigenvalue weighted by atomic mass is 35.5. The molecule has 3 aromatic carbocycles. The molecule has 2 aliphatic rings. The van der Waals surface area contributed by atoms with Gasteiger partial charge in [0, 0.05) is 24.8 Å². The Labute approximate surface area is 263 Å². The van der Waals surface area contributed by atoms with E-state index in [9.17, 15) is 18.0 Å². The molecule has 0 aliphatic heterocycles. The van der Waals surface area contributed by atoms with E-state index in [4.69, 9.17) is 34.0 Å². The zero-order valence-corrected chi connectivity index (χ0v) is 25.2. The van der Waals surface area contributed by atoms with Gasteiger partial charge in [0.25, 0.3) is 0 Å². The number of halogens is 5. The zero-order chi connectivity index (χ0) is 31.4. The lowest BCUT2D eigenvalue weighted by molar-refractivity contribution is -0.141. The number of aromatic carboxylic acids is 1. The molecule has 6 rings (SSSR count). The summed E-state index contributed by atoms with van der Waals surface area (Å²) in [4.78, 5) is 17.6. The fourth-order valence-electron chi connectivity index (χ4n) is 5.83. The smallest absolute Gasteiger partial charge is 0.434 e. The Bertz CT molecular complexity index is 1670. The van der Waals surface area contributed by atoms with E-state index in [1.807, 2.05) is 0 Å². The number of nitrogen functional groups attached to an aromatic ring is 1. The van der Waals surface area contributed by atoms with Gasteiger partial charge in [-0.15, -0.1) is 0 Å². The summed E-state index contributed by atoms with van der Waals surface area (Å²) in [6, 6.07) is 18.0. The van der Waals surface area contributed by atoms with Crippen LogP contribution < -0.4 is 11.1 Å². The Kier molecular flexibility index (Phi) is 9.65. The van der Waals surface area contributed by atoms with Crippen LogP contribution in [0.1, 0.15) is 70.4 Å². The molecule has 0 spiro atoms. The average Bonchev–Trinajstić information content (AvgIpc) is 3.39. The molecule has 0 unspecified atom stereocenters. The largest absolute Gasteiger partial charge is 0.478 e. The molecule has 6 nitrogen and oxygen atoms in total. The lowest BCUT2D eigenvalue weighted by Crippen LogP contribution is -2.18. The van der Waals surface area contributed by atoms with Gasteiger partial charge in [-0.05, 0) is 57.9 Å². The summed E-state index contributed by atoms with van der Waals surface area (Å²) in [7, 11) is 0. The van der Waals surface area contributed by atoms with Gasteiger partial charge >= 0.3 is 12.1 Å². The molecule has 0 radical (unpaired) electrons. The van der Waals surface area contributed by atoms with Gasteiger partial charge in [-0.1, -0.05) is 97.8 Å². The number of benzene rings is 3. The van der Waals surface area contributed by atoms with Gasteiger partial charge in [0.2, 0.25) is 5.95 Å². The number of carboxylic acid groups (broad SMARTS) is 1. The summed E-state index contributed by atoms with van der Waals surface area (Å²) < 4.78 is 38.5. The van der Waals surface area contributed by atoms with Crippen molar-refractivity contribution in [3.05, 3.63) is 104 Å². The molecular weight excluding hydrogens is 612 g/mol. The number of nitrogens with one attached hydrogen (secondary N) is 1. The van der Waals surface area contributed by atoms with E-state index in [1.165, 1.54) is 78.5 Å². The Morgan fingerprint density at radius 3 is 2.45 bits per heavy atom. The molecule has 0 saturated heterocycles. The summed E-state index contributed by atoms with van der Waals surface area (Å²) in [6.07, 6.45) is 4.89. The highest BCUT2D eigenvalue weighted by Gasteiger charge is 2.38. The molecule has 2 aliphatic carbocycles. The monoisotopic (exact) mass is 642 g/mol. The second kappa shape index (κ2) is 13.4. The molecule has 4 N–H and O–H groups in total. The first-order chi connectivity index (χ1) is 21.0. The number of hydrogen-bond acceptors (Lipinski definition) is 5. The molecule has 11 heteroatoms. The van der Waals surface area contributed by atoms with E-state index in [2.05, 4.69) is 51.7 Å². The van der Waals surface area contributed by atoms with Crippen LogP contribution in [0.3, 0.4) is 0 Å². The maximum absolute atomic E-state index is 12.8. The van der Waals surface area contributed by atoms with Crippen LogP contribution in [0.2, 0.25) is 10.0 Å². The number of aromatic nitrogens is 2. The van der Waals surface area contributed by atoms with E-state index in [1.54, 1.807) is 6.07 Å². The molecule has 1 saturated carbocycles. The van der Waals surface area contributed by atoms with Crippen LogP contribution in [0.15, 0.2) is 60.8 Å². The second-order valence-electron chi connectivity index (χ2n) is 11.1. The van der Waals surface area contributed by atoms with Crippen molar-refractivity contribution in [2.75, 3.05) is 11.1 Å². The molecule has 0 atom stereocenters. The molecule has 1 fully saturated rings. The maximum atomic E-state index is 12.8. The number of anilines is 2. The fourth-order valence-corrected chi connectivity index (χ4v) is 6.15. The lowest BCUT2D eigenvalue weighted by Gasteiger charge is -2.22. The Hall–Kier alpha value is -3.82. The van der Waals surface area contributed by atoms with Crippen LogP contribution in [0, 0.1) is 5.92 Å². The molecule has 0 bridgehead atoms. The average molecular weight is 644 g/mol. The number of alkyl halides is 3. The van der Waals surface area contributed by atoms with Crippen molar-refractivity contribution in [3.8, 4) is 11.1 Å². The summed E-state index contributed by atoms with van der Waals surface area (Å²) >= 11 is 11.6.